The minimum absolute atomic E-state index is 0.0383. The molecule has 2 heterocycles. The van der Waals surface area contributed by atoms with Crippen LogP contribution in [-0.2, 0) is 17.9 Å². The smallest absolute Gasteiger partial charge is 0.240 e. The van der Waals surface area contributed by atoms with Crippen molar-refractivity contribution in [2.24, 2.45) is 0 Å². The largest absolute Gasteiger partial charge is 0.497 e. The number of carbonyl (C=O) groups excluding carboxylic acids is 1. The van der Waals surface area contributed by atoms with Crippen molar-refractivity contribution in [2.75, 3.05) is 20.2 Å². The third-order valence-electron chi connectivity index (χ3n) is 5.25. The third kappa shape index (κ3) is 4.34. The van der Waals surface area contributed by atoms with Gasteiger partial charge in [0.25, 0.3) is 0 Å². The van der Waals surface area contributed by atoms with Crippen molar-refractivity contribution in [2.45, 2.75) is 32.0 Å². The number of likely N-dealkylation sites (tertiary alicyclic amines) is 1. The SMILES string of the molecule is COc1cccc(CN2CCC[C@@H](NC(=O)Cn3cnc4ccccc43)C2)c1. The molecule has 1 aliphatic rings. The Labute approximate surface area is 165 Å². The van der Waals surface area contributed by atoms with E-state index in [9.17, 15) is 4.79 Å². The standard InChI is InChI=1S/C22H26N4O2/c1-28-19-8-4-6-17(12-19)13-25-11-5-7-18(14-25)24-22(27)15-26-16-23-20-9-2-3-10-21(20)26/h2-4,6,8-10,12,16,18H,5,7,11,13-15H2,1H3,(H,24,27)/t18-/m1/s1. The van der Waals surface area contributed by atoms with Gasteiger partial charge in [0, 0.05) is 19.1 Å². The topological polar surface area (TPSA) is 59.4 Å². The fraction of sp³-hybridized carbons (Fsp3) is 0.364. The summed E-state index contributed by atoms with van der Waals surface area (Å²) in [5, 5.41) is 3.21. The lowest BCUT2D eigenvalue weighted by Gasteiger charge is -2.33. The van der Waals surface area contributed by atoms with Crippen LogP contribution in [0.4, 0.5) is 0 Å². The van der Waals surface area contributed by atoms with E-state index in [1.165, 1.54) is 5.56 Å². The lowest BCUT2D eigenvalue weighted by molar-refractivity contribution is -0.122. The second-order valence-electron chi connectivity index (χ2n) is 7.35. The molecular weight excluding hydrogens is 352 g/mol. The molecule has 1 N–H and O–H groups in total. The number of hydrogen-bond acceptors (Lipinski definition) is 4. The molecule has 1 atom stereocenters. The first kappa shape index (κ1) is 18.5. The molecule has 1 aliphatic heterocycles. The number of para-hydroxylation sites is 2. The molecule has 0 bridgehead atoms. The lowest BCUT2D eigenvalue weighted by Crippen LogP contribution is -2.48. The van der Waals surface area contributed by atoms with E-state index in [0.29, 0.717) is 6.54 Å². The minimum Gasteiger partial charge on any atom is -0.497 e. The Balaban J connectivity index is 1.33. The summed E-state index contributed by atoms with van der Waals surface area (Å²) in [5.41, 5.74) is 3.13. The van der Waals surface area contributed by atoms with Crippen LogP contribution in [0.25, 0.3) is 11.0 Å². The summed E-state index contributed by atoms with van der Waals surface area (Å²) in [6, 6.07) is 16.2. The van der Waals surface area contributed by atoms with E-state index in [-0.39, 0.29) is 11.9 Å². The molecule has 6 nitrogen and oxygen atoms in total. The summed E-state index contributed by atoms with van der Waals surface area (Å²) in [6.45, 7) is 3.09. The maximum absolute atomic E-state index is 12.6. The maximum atomic E-state index is 12.6. The van der Waals surface area contributed by atoms with E-state index in [1.807, 2.05) is 41.0 Å². The highest BCUT2D eigenvalue weighted by Gasteiger charge is 2.22. The molecule has 0 unspecified atom stereocenters. The fourth-order valence-electron chi connectivity index (χ4n) is 3.91. The van der Waals surface area contributed by atoms with E-state index in [2.05, 4.69) is 27.3 Å². The van der Waals surface area contributed by atoms with E-state index >= 15 is 0 Å². The van der Waals surface area contributed by atoms with E-state index in [1.54, 1.807) is 13.4 Å². The fourth-order valence-corrected chi connectivity index (χ4v) is 3.91. The zero-order valence-corrected chi connectivity index (χ0v) is 16.2. The van der Waals surface area contributed by atoms with Crippen LogP contribution in [0.2, 0.25) is 0 Å². The summed E-state index contributed by atoms with van der Waals surface area (Å²) in [7, 11) is 1.69. The van der Waals surface area contributed by atoms with Gasteiger partial charge in [-0.3, -0.25) is 9.69 Å². The monoisotopic (exact) mass is 378 g/mol. The molecule has 1 saturated heterocycles. The Bertz CT molecular complexity index is 952. The second-order valence-corrected chi connectivity index (χ2v) is 7.35. The van der Waals surface area contributed by atoms with Gasteiger partial charge in [-0.15, -0.1) is 0 Å². The quantitative estimate of drug-likeness (QED) is 0.717. The Morgan fingerprint density at radius 1 is 1.25 bits per heavy atom. The van der Waals surface area contributed by atoms with Crippen molar-refractivity contribution >= 4 is 16.9 Å². The molecule has 1 aromatic heterocycles. The van der Waals surface area contributed by atoms with Gasteiger partial charge in [-0.1, -0.05) is 24.3 Å². The second kappa shape index (κ2) is 8.44. The Hall–Kier alpha value is -2.86. The predicted molar refractivity (Wildman–Crippen MR) is 109 cm³/mol. The first-order valence-electron chi connectivity index (χ1n) is 9.76. The number of methoxy groups -OCH3 is 1. The van der Waals surface area contributed by atoms with Crippen LogP contribution in [0.5, 0.6) is 5.75 Å². The van der Waals surface area contributed by atoms with Crippen LogP contribution in [0.1, 0.15) is 18.4 Å². The molecule has 3 aromatic rings. The number of aromatic nitrogens is 2. The van der Waals surface area contributed by atoms with Crippen molar-refractivity contribution in [3.63, 3.8) is 0 Å². The number of amides is 1. The highest BCUT2D eigenvalue weighted by molar-refractivity contribution is 5.80. The summed E-state index contributed by atoms with van der Waals surface area (Å²) in [6.07, 6.45) is 3.84. The van der Waals surface area contributed by atoms with Gasteiger partial charge in [-0.25, -0.2) is 4.98 Å². The molecular formula is C22H26N4O2. The molecule has 1 amide bonds. The zero-order chi connectivity index (χ0) is 19.3. The highest BCUT2D eigenvalue weighted by atomic mass is 16.5. The van der Waals surface area contributed by atoms with Gasteiger partial charge in [0.1, 0.15) is 12.3 Å². The number of nitrogens with one attached hydrogen (secondary N) is 1. The molecule has 0 saturated carbocycles. The van der Waals surface area contributed by atoms with Crippen molar-refractivity contribution in [1.82, 2.24) is 19.8 Å². The van der Waals surface area contributed by atoms with Crippen LogP contribution >= 0.6 is 0 Å². The molecule has 4 rings (SSSR count). The molecule has 0 radical (unpaired) electrons. The Morgan fingerprint density at radius 3 is 3.04 bits per heavy atom. The van der Waals surface area contributed by atoms with Crippen molar-refractivity contribution < 1.29 is 9.53 Å². The van der Waals surface area contributed by atoms with E-state index < -0.39 is 0 Å². The maximum Gasteiger partial charge on any atom is 0.240 e. The normalized spacial score (nSPS) is 17.5. The van der Waals surface area contributed by atoms with E-state index in [0.717, 1.165) is 49.3 Å². The van der Waals surface area contributed by atoms with Gasteiger partial charge in [-0.2, -0.15) is 0 Å². The molecule has 2 aromatic carbocycles. The molecule has 28 heavy (non-hydrogen) atoms. The van der Waals surface area contributed by atoms with Gasteiger partial charge in [0.15, 0.2) is 0 Å². The average molecular weight is 378 g/mol. The molecule has 6 heteroatoms. The number of fused-ring (bicyclic) bond motifs is 1. The summed E-state index contributed by atoms with van der Waals surface area (Å²) < 4.78 is 7.22. The highest BCUT2D eigenvalue weighted by Crippen LogP contribution is 2.18. The average Bonchev–Trinajstić information content (AvgIpc) is 3.11. The number of carbonyl (C=O) groups is 1. The van der Waals surface area contributed by atoms with Gasteiger partial charge >= 0.3 is 0 Å². The van der Waals surface area contributed by atoms with Crippen LogP contribution < -0.4 is 10.1 Å². The molecule has 0 spiro atoms. The van der Waals surface area contributed by atoms with Gasteiger partial charge in [0.05, 0.1) is 24.5 Å². The number of imidazole rings is 1. The first-order chi connectivity index (χ1) is 13.7. The third-order valence-corrected chi connectivity index (χ3v) is 5.25. The van der Waals surface area contributed by atoms with Crippen LogP contribution in [0, 0.1) is 0 Å². The van der Waals surface area contributed by atoms with Gasteiger partial charge < -0.3 is 14.6 Å². The van der Waals surface area contributed by atoms with Gasteiger partial charge in [-0.05, 0) is 49.2 Å². The number of benzene rings is 2. The van der Waals surface area contributed by atoms with Gasteiger partial charge in [0.2, 0.25) is 5.91 Å². The van der Waals surface area contributed by atoms with Crippen molar-refractivity contribution in [1.29, 1.82) is 0 Å². The van der Waals surface area contributed by atoms with Crippen LogP contribution in [0.3, 0.4) is 0 Å². The number of hydrogen-bond donors (Lipinski definition) is 1. The molecule has 1 fully saturated rings. The lowest BCUT2D eigenvalue weighted by atomic mass is 10.0. The first-order valence-corrected chi connectivity index (χ1v) is 9.76. The summed E-state index contributed by atoms with van der Waals surface area (Å²) in [5.74, 6) is 0.920. The Morgan fingerprint density at radius 2 is 2.14 bits per heavy atom. The summed E-state index contributed by atoms with van der Waals surface area (Å²) >= 11 is 0. The van der Waals surface area contributed by atoms with Crippen LogP contribution in [0.15, 0.2) is 54.9 Å². The van der Waals surface area contributed by atoms with Crippen molar-refractivity contribution in [3.8, 4) is 5.75 Å². The molecule has 0 aliphatic carbocycles. The predicted octanol–water partition coefficient (Wildman–Crippen LogP) is 2.83. The van der Waals surface area contributed by atoms with Crippen molar-refractivity contribution in [3.05, 3.63) is 60.4 Å². The number of rotatable bonds is 6. The van der Waals surface area contributed by atoms with Crippen LogP contribution in [-0.4, -0.2) is 46.6 Å². The minimum atomic E-state index is 0.0383. The Kier molecular flexibility index (Phi) is 5.58. The zero-order valence-electron chi connectivity index (χ0n) is 16.2. The van der Waals surface area contributed by atoms with E-state index in [4.69, 9.17) is 4.74 Å². The number of nitrogens with zero attached hydrogens (tertiary/aromatic N) is 3. The number of piperidine rings is 1. The molecule has 146 valence electrons. The number of ether oxygens (including phenoxy) is 1. The summed E-state index contributed by atoms with van der Waals surface area (Å²) in [4.78, 5) is 19.3.